The molecule has 0 N–H and O–H groups in total. The van der Waals surface area contributed by atoms with Gasteiger partial charge >= 0.3 is 0 Å². The average molecular weight is 421 g/mol. The molecule has 1 fully saturated rings. The first-order chi connectivity index (χ1) is 13.9. The SMILES string of the molecule is CCCOc1cc(N2CCN(S(=O)(=O)c3ccc(OCC)cc3)CC2)nc(C)n1. The summed E-state index contributed by atoms with van der Waals surface area (Å²) in [6.07, 6.45) is 0.903. The van der Waals surface area contributed by atoms with Crippen molar-refractivity contribution in [3.63, 3.8) is 0 Å². The van der Waals surface area contributed by atoms with Gasteiger partial charge in [-0.25, -0.2) is 13.4 Å². The Morgan fingerprint density at radius 1 is 1.00 bits per heavy atom. The third-order valence-electron chi connectivity index (χ3n) is 4.59. The van der Waals surface area contributed by atoms with E-state index < -0.39 is 10.0 Å². The summed E-state index contributed by atoms with van der Waals surface area (Å²) in [5.74, 6) is 2.62. The van der Waals surface area contributed by atoms with E-state index in [-0.39, 0.29) is 4.90 Å². The molecule has 1 aliphatic heterocycles. The first kappa shape index (κ1) is 21.3. The normalized spacial score (nSPS) is 15.3. The van der Waals surface area contributed by atoms with E-state index in [2.05, 4.69) is 14.9 Å². The Morgan fingerprint density at radius 2 is 1.69 bits per heavy atom. The monoisotopic (exact) mass is 420 g/mol. The average Bonchev–Trinajstić information content (AvgIpc) is 2.72. The molecule has 1 saturated heterocycles. The van der Waals surface area contributed by atoms with Crippen LogP contribution in [0.5, 0.6) is 11.6 Å². The molecule has 0 saturated carbocycles. The van der Waals surface area contributed by atoms with Crippen LogP contribution in [0.25, 0.3) is 0 Å². The van der Waals surface area contributed by atoms with Gasteiger partial charge in [0, 0.05) is 32.2 Å². The van der Waals surface area contributed by atoms with E-state index in [1.165, 1.54) is 4.31 Å². The summed E-state index contributed by atoms with van der Waals surface area (Å²) in [4.78, 5) is 11.1. The lowest BCUT2D eigenvalue weighted by Gasteiger charge is -2.34. The van der Waals surface area contributed by atoms with Crippen LogP contribution in [0.1, 0.15) is 26.1 Å². The van der Waals surface area contributed by atoms with Crippen LogP contribution in [0.4, 0.5) is 5.82 Å². The maximum Gasteiger partial charge on any atom is 0.243 e. The maximum atomic E-state index is 12.9. The van der Waals surface area contributed by atoms with Crippen molar-refractivity contribution >= 4 is 15.8 Å². The number of piperazine rings is 1. The highest BCUT2D eigenvalue weighted by atomic mass is 32.2. The molecule has 2 heterocycles. The highest BCUT2D eigenvalue weighted by Crippen LogP contribution is 2.23. The summed E-state index contributed by atoms with van der Waals surface area (Å²) in [6, 6.07) is 8.39. The van der Waals surface area contributed by atoms with Gasteiger partial charge in [-0.2, -0.15) is 9.29 Å². The van der Waals surface area contributed by atoms with Crippen LogP contribution in [-0.4, -0.2) is 62.1 Å². The third kappa shape index (κ3) is 5.16. The van der Waals surface area contributed by atoms with Gasteiger partial charge in [0.05, 0.1) is 18.1 Å². The van der Waals surface area contributed by atoms with Gasteiger partial charge in [0.2, 0.25) is 15.9 Å². The van der Waals surface area contributed by atoms with Crippen molar-refractivity contribution in [2.75, 3.05) is 44.3 Å². The van der Waals surface area contributed by atoms with Gasteiger partial charge in [0.15, 0.2) is 0 Å². The van der Waals surface area contributed by atoms with Gasteiger partial charge in [0.25, 0.3) is 0 Å². The molecule has 0 unspecified atom stereocenters. The van der Waals surface area contributed by atoms with Crippen LogP contribution in [0, 0.1) is 6.92 Å². The standard InChI is InChI=1S/C20H28N4O4S/c1-4-14-28-20-15-19(21-16(3)22-20)23-10-12-24(13-11-23)29(25,26)18-8-6-17(7-9-18)27-5-2/h6-9,15H,4-5,10-14H2,1-3H3. The predicted octanol–water partition coefficient (Wildman–Crippen LogP) is 2.48. The van der Waals surface area contributed by atoms with Crippen molar-refractivity contribution < 1.29 is 17.9 Å². The molecular formula is C20H28N4O4S. The van der Waals surface area contributed by atoms with Gasteiger partial charge in [-0.05, 0) is 44.5 Å². The van der Waals surface area contributed by atoms with Crippen molar-refractivity contribution in [2.24, 2.45) is 0 Å². The minimum Gasteiger partial charge on any atom is -0.494 e. The maximum absolute atomic E-state index is 12.9. The minimum atomic E-state index is -3.53. The Balaban J connectivity index is 1.67. The lowest BCUT2D eigenvalue weighted by molar-refractivity contribution is 0.303. The molecule has 9 heteroatoms. The Morgan fingerprint density at radius 3 is 2.31 bits per heavy atom. The fourth-order valence-electron chi connectivity index (χ4n) is 3.15. The van der Waals surface area contributed by atoms with Crippen LogP contribution in [-0.2, 0) is 10.0 Å². The number of ether oxygens (including phenoxy) is 2. The second-order valence-electron chi connectivity index (χ2n) is 6.76. The molecular weight excluding hydrogens is 392 g/mol. The lowest BCUT2D eigenvalue weighted by atomic mass is 10.3. The molecule has 0 atom stereocenters. The smallest absolute Gasteiger partial charge is 0.243 e. The number of sulfonamides is 1. The van der Waals surface area contributed by atoms with Crippen molar-refractivity contribution in [3.05, 3.63) is 36.2 Å². The molecule has 1 aromatic heterocycles. The van der Waals surface area contributed by atoms with Crippen molar-refractivity contribution in [2.45, 2.75) is 32.1 Å². The van der Waals surface area contributed by atoms with E-state index in [1.807, 2.05) is 26.8 Å². The highest BCUT2D eigenvalue weighted by Gasteiger charge is 2.29. The Hall–Kier alpha value is -2.39. The summed E-state index contributed by atoms with van der Waals surface area (Å²) in [7, 11) is -3.53. The zero-order chi connectivity index (χ0) is 20.9. The summed E-state index contributed by atoms with van der Waals surface area (Å²) in [5.41, 5.74) is 0. The van der Waals surface area contributed by atoms with E-state index in [9.17, 15) is 8.42 Å². The van der Waals surface area contributed by atoms with Gasteiger partial charge in [-0.3, -0.25) is 0 Å². The number of aryl methyl sites for hydroxylation is 1. The number of benzene rings is 1. The predicted molar refractivity (Wildman–Crippen MR) is 111 cm³/mol. The quantitative estimate of drug-likeness (QED) is 0.649. The molecule has 0 bridgehead atoms. The fraction of sp³-hybridized carbons (Fsp3) is 0.500. The fourth-order valence-corrected chi connectivity index (χ4v) is 4.57. The zero-order valence-electron chi connectivity index (χ0n) is 17.2. The number of anilines is 1. The van der Waals surface area contributed by atoms with E-state index in [0.717, 1.165) is 12.2 Å². The first-order valence-electron chi connectivity index (χ1n) is 9.90. The zero-order valence-corrected chi connectivity index (χ0v) is 18.0. The van der Waals surface area contributed by atoms with Crippen LogP contribution in [0.3, 0.4) is 0 Å². The number of hydrogen-bond donors (Lipinski definition) is 0. The molecule has 1 aromatic carbocycles. The number of aromatic nitrogens is 2. The third-order valence-corrected chi connectivity index (χ3v) is 6.50. The van der Waals surface area contributed by atoms with E-state index in [0.29, 0.717) is 56.8 Å². The molecule has 3 rings (SSSR count). The number of rotatable bonds is 8. The van der Waals surface area contributed by atoms with Crippen LogP contribution >= 0.6 is 0 Å². The largest absolute Gasteiger partial charge is 0.494 e. The number of nitrogens with zero attached hydrogens (tertiary/aromatic N) is 4. The molecule has 1 aliphatic rings. The van der Waals surface area contributed by atoms with Gasteiger partial charge in [-0.15, -0.1) is 0 Å². The van der Waals surface area contributed by atoms with Gasteiger partial charge in [-0.1, -0.05) is 6.92 Å². The topological polar surface area (TPSA) is 84.9 Å². The van der Waals surface area contributed by atoms with Crippen LogP contribution in [0.2, 0.25) is 0 Å². The number of hydrogen-bond acceptors (Lipinski definition) is 7. The molecule has 0 radical (unpaired) electrons. The first-order valence-corrected chi connectivity index (χ1v) is 11.3. The summed E-state index contributed by atoms with van der Waals surface area (Å²) in [6.45, 7) is 8.80. The van der Waals surface area contributed by atoms with Gasteiger partial charge < -0.3 is 14.4 Å². The molecule has 0 aliphatic carbocycles. The van der Waals surface area contributed by atoms with E-state index >= 15 is 0 Å². The van der Waals surface area contributed by atoms with E-state index in [4.69, 9.17) is 9.47 Å². The Labute approximate surface area is 172 Å². The molecule has 8 nitrogen and oxygen atoms in total. The lowest BCUT2D eigenvalue weighted by Crippen LogP contribution is -2.49. The van der Waals surface area contributed by atoms with Crippen molar-refractivity contribution in [1.82, 2.24) is 14.3 Å². The summed E-state index contributed by atoms with van der Waals surface area (Å²) in [5, 5.41) is 0. The van der Waals surface area contributed by atoms with Gasteiger partial charge in [0.1, 0.15) is 17.4 Å². The van der Waals surface area contributed by atoms with E-state index in [1.54, 1.807) is 24.3 Å². The molecule has 0 amide bonds. The minimum absolute atomic E-state index is 0.280. The van der Waals surface area contributed by atoms with Crippen LogP contribution < -0.4 is 14.4 Å². The molecule has 29 heavy (non-hydrogen) atoms. The molecule has 158 valence electrons. The Kier molecular flexibility index (Phi) is 6.92. The molecule has 2 aromatic rings. The summed E-state index contributed by atoms with van der Waals surface area (Å²) < 4.78 is 38.4. The molecule has 0 spiro atoms. The Bertz CT molecular complexity index is 911. The van der Waals surface area contributed by atoms with Crippen molar-refractivity contribution in [3.8, 4) is 11.6 Å². The second kappa shape index (κ2) is 9.41. The van der Waals surface area contributed by atoms with Crippen molar-refractivity contribution in [1.29, 1.82) is 0 Å². The second-order valence-corrected chi connectivity index (χ2v) is 8.69. The summed E-state index contributed by atoms with van der Waals surface area (Å²) >= 11 is 0. The highest BCUT2D eigenvalue weighted by molar-refractivity contribution is 7.89. The van der Waals surface area contributed by atoms with Crippen LogP contribution in [0.15, 0.2) is 35.2 Å².